The molecule has 0 aromatic heterocycles. The minimum Gasteiger partial charge on any atom is -0.375 e. The molecule has 0 aliphatic carbocycles. The Morgan fingerprint density at radius 3 is 2.93 bits per heavy atom. The molecule has 15 heavy (non-hydrogen) atoms. The van der Waals surface area contributed by atoms with Crippen molar-refractivity contribution in [2.45, 2.75) is 6.61 Å². The number of halogens is 1. The minimum atomic E-state index is 0.602. The lowest BCUT2D eigenvalue weighted by atomic mass is 10.2. The molecule has 84 valence electrons. The summed E-state index contributed by atoms with van der Waals surface area (Å²) in [5.74, 6) is 0. The van der Waals surface area contributed by atoms with Crippen molar-refractivity contribution in [3.8, 4) is 0 Å². The van der Waals surface area contributed by atoms with E-state index in [4.69, 9.17) is 22.1 Å². The molecule has 4 heteroatoms. The SMILES string of the molecule is NCCNCCOCc1cccc(Cl)c1. The van der Waals surface area contributed by atoms with Crippen molar-refractivity contribution in [1.29, 1.82) is 0 Å². The van der Waals surface area contributed by atoms with Gasteiger partial charge in [-0.2, -0.15) is 0 Å². The van der Waals surface area contributed by atoms with Crippen molar-refractivity contribution in [3.63, 3.8) is 0 Å². The Balaban J connectivity index is 2.10. The van der Waals surface area contributed by atoms with Crippen LogP contribution in [0.5, 0.6) is 0 Å². The quantitative estimate of drug-likeness (QED) is 0.694. The number of rotatable bonds is 7. The van der Waals surface area contributed by atoms with Crippen molar-refractivity contribution in [3.05, 3.63) is 34.9 Å². The predicted molar refractivity (Wildman–Crippen MR) is 63.0 cm³/mol. The van der Waals surface area contributed by atoms with Gasteiger partial charge < -0.3 is 15.8 Å². The number of benzene rings is 1. The van der Waals surface area contributed by atoms with Gasteiger partial charge in [0.1, 0.15) is 0 Å². The fourth-order valence-electron chi connectivity index (χ4n) is 1.19. The summed E-state index contributed by atoms with van der Waals surface area (Å²) in [6.07, 6.45) is 0. The molecule has 0 saturated carbocycles. The van der Waals surface area contributed by atoms with Crippen LogP contribution >= 0.6 is 11.6 Å². The zero-order valence-electron chi connectivity index (χ0n) is 8.71. The maximum atomic E-state index is 5.84. The minimum absolute atomic E-state index is 0.602. The van der Waals surface area contributed by atoms with Gasteiger partial charge in [-0.15, -0.1) is 0 Å². The summed E-state index contributed by atoms with van der Waals surface area (Å²) in [5, 5.41) is 3.90. The van der Waals surface area contributed by atoms with Crippen LogP contribution in [0.2, 0.25) is 5.02 Å². The van der Waals surface area contributed by atoms with Gasteiger partial charge >= 0.3 is 0 Å². The van der Waals surface area contributed by atoms with E-state index < -0.39 is 0 Å². The Kier molecular flexibility index (Phi) is 6.36. The summed E-state index contributed by atoms with van der Waals surface area (Å²) < 4.78 is 5.46. The Hall–Kier alpha value is -0.610. The summed E-state index contributed by atoms with van der Waals surface area (Å²) in [5.41, 5.74) is 6.43. The molecule has 3 nitrogen and oxygen atoms in total. The third-order valence-corrected chi connectivity index (χ3v) is 2.14. The van der Waals surface area contributed by atoms with Crippen LogP contribution in [0.4, 0.5) is 0 Å². The van der Waals surface area contributed by atoms with E-state index in [9.17, 15) is 0 Å². The summed E-state index contributed by atoms with van der Waals surface area (Å²) in [6, 6.07) is 7.69. The maximum Gasteiger partial charge on any atom is 0.0718 e. The Bertz CT molecular complexity index is 281. The molecule has 1 aromatic carbocycles. The van der Waals surface area contributed by atoms with Crippen LogP contribution in [0.15, 0.2) is 24.3 Å². The standard InChI is InChI=1S/C11H17ClN2O/c12-11-3-1-2-10(8-11)9-15-7-6-14-5-4-13/h1-3,8,14H,4-7,9,13H2. The second-order valence-electron chi connectivity index (χ2n) is 3.22. The summed E-state index contributed by atoms with van der Waals surface area (Å²) in [4.78, 5) is 0. The van der Waals surface area contributed by atoms with Gasteiger partial charge in [0.2, 0.25) is 0 Å². The van der Waals surface area contributed by atoms with E-state index in [1.54, 1.807) is 0 Å². The molecule has 0 fully saturated rings. The second-order valence-corrected chi connectivity index (χ2v) is 3.66. The van der Waals surface area contributed by atoms with Crippen LogP contribution in [0.1, 0.15) is 5.56 Å². The van der Waals surface area contributed by atoms with E-state index in [0.717, 1.165) is 23.7 Å². The Morgan fingerprint density at radius 1 is 1.33 bits per heavy atom. The van der Waals surface area contributed by atoms with E-state index >= 15 is 0 Å². The Labute approximate surface area is 95.6 Å². The van der Waals surface area contributed by atoms with Gasteiger partial charge in [0, 0.05) is 24.7 Å². The summed E-state index contributed by atoms with van der Waals surface area (Å²) in [7, 11) is 0. The van der Waals surface area contributed by atoms with Gasteiger partial charge in [-0.3, -0.25) is 0 Å². The fraction of sp³-hybridized carbons (Fsp3) is 0.455. The molecule has 0 amide bonds. The summed E-state index contributed by atoms with van der Waals surface area (Å²) in [6.45, 7) is 3.62. The lowest BCUT2D eigenvalue weighted by molar-refractivity contribution is 0.123. The highest BCUT2D eigenvalue weighted by Crippen LogP contribution is 2.11. The monoisotopic (exact) mass is 228 g/mol. The molecule has 0 spiro atoms. The smallest absolute Gasteiger partial charge is 0.0718 e. The lowest BCUT2D eigenvalue weighted by Crippen LogP contribution is -2.25. The van der Waals surface area contributed by atoms with E-state index in [2.05, 4.69) is 5.32 Å². The highest BCUT2D eigenvalue weighted by molar-refractivity contribution is 6.30. The fourth-order valence-corrected chi connectivity index (χ4v) is 1.40. The first kappa shape index (κ1) is 12.5. The van der Waals surface area contributed by atoms with Gasteiger partial charge in [-0.05, 0) is 17.7 Å². The predicted octanol–water partition coefficient (Wildman–Crippen LogP) is 1.40. The largest absolute Gasteiger partial charge is 0.375 e. The van der Waals surface area contributed by atoms with Crippen LogP contribution in [-0.2, 0) is 11.3 Å². The highest BCUT2D eigenvalue weighted by atomic mass is 35.5. The number of ether oxygens (including phenoxy) is 1. The van der Waals surface area contributed by atoms with Gasteiger partial charge in [0.25, 0.3) is 0 Å². The first-order chi connectivity index (χ1) is 7.33. The maximum absolute atomic E-state index is 5.84. The average Bonchev–Trinajstić information content (AvgIpc) is 2.23. The molecule has 0 unspecified atom stereocenters. The van der Waals surface area contributed by atoms with Crippen molar-refractivity contribution >= 4 is 11.6 Å². The highest BCUT2D eigenvalue weighted by Gasteiger charge is 1.94. The topological polar surface area (TPSA) is 47.3 Å². The first-order valence-corrected chi connectivity index (χ1v) is 5.43. The molecule has 0 aliphatic heterocycles. The molecule has 1 rings (SSSR count). The van der Waals surface area contributed by atoms with E-state index in [1.165, 1.54) is 0 Å². The molecule has 0 saturated heterocycles. The number of nitrogens with one attached hydrogen (secondary N) is 1. The number of hydrogen-bond acceptors (Lipinski definition) is 3. The molecular formula is C11H17ClN2O. The molecule has 0 aliphatic rings. The molecule has 1 aromatic rings. The van der Waals surface area contributed by atoms with E-state index in [-0.39, 0.29) is 0 Å². The second kappa shape index (κ2) is 7.65. The van der Waals surface area contributed by atoms with Crippen molar-refractivity contribution < 1.29 is 4.74 Å². The zero-order chi connectivity index (χ0) is 10.9. The van der Waals surface area contributed by atoms with Crippen molar-refractivity contribution in [2.75, 3.05) is 26.2 Å². The van der Waals surface area contributed by atoms with Crippen LogP contribution in [-0.4, -0.2) is 26.2 Å². The van der Waals surface area contributed by atoms with Gasteiger partial charge in [0.05, 0.1) is 13.2 Å². The zero-order valence-corrected chi connectivity index (χ0v) is 9.46. The number of hydrogen-bond donors (Lipinski definition) is 2. The molecule has 0 bridgehead atoms. The number of nitrogens with two attached hydrogens (primary N) is 1. The molecule has 0 heterocycles. The molecule has 0 radical (unpaired) electrons. The van der Waals surface area contributed by atoms with Gasteiger partial charge in [-0.25, -0.2) is 0 Å². The van der Waals surface area contributed by atoms with E-state index in [1.807, 2.05) is 24.3 Å². The molecular weight excluding hydrogens is 212 g/mol. The first-order valence-electron chi connectivity index (χ1n) is 5.06. The van der Waals surface area contributed by atoms with Crippen molar-refractivity contribution in [1.82, 2.24) is 5.32 Å². The molecule has 0 atom stereocenters. The van der Waals surface area contributed by atoms with Crippen LogP contribution < -0.4 is 11.1 Å². The van der Waals surface area contributed by atoms with Crippen LogP contribution in [0, 0.1) is 0 Å². The lowest BCUT2D eigenvalue weighted by Gasteiger charge is -2.05. The van der Waals surface area contributed by atoms with Crippen LogP contribution in [0.25, 0.3) is 0 Å². The van der Waals surface area contributed by atoms with Gasteiger partial charge in [-0.1, -0.05) is 23.7 Å². The van der Waals surface area contributed by atoms with E-state index in [0.29, 0.717) is 19.8 Å². The third-order valence-electron chi connectivity index (χ3n) is 1.90. The van der Waals surface area contributed by atoms with Crippen LogP contribution in [0.3, 0.4) is 0 Å². The van der Waals surface area contributed by atoms with Gasteiger partial charge in [0.15, 0.2) is 0 Å². The van der Waals surface area contributed by atoms with Crippen molar-refractivity contribution in [2.24, 2.45) is 5.73 Å². The summed E-state index contributed by atoms with van der Waals surface area (Å²) >= 11 is 5.84. The average molecular weight is 229 g/mol. The third kappa shape index (κ3) is 5.74. The normalized spacial score (nSPS) is 10.5. The Morgan fingerprint density at radius 2 is 2.20 bits per heavy atom. The molecule has 3 N–H and O–H groups in total.